The molecule has 8 heteroatoms. The maximum Gasteiger partial charge on any atom is 0.326 e. The van der Waals surface area contributed by atoms with E-state index in [1.807, 2.05) is 5.32 Å². The zero-order valence-electron chi connectivity index (χ0n) is 10.1. The summed E-state index contributed by atoms with van der Waals surface area (Å²) in [5.41, 5.74) is 0. The van der Waals surface area contributed by atoms with Crippen LogP contribution >= 0.6 is 0 Å². The number of carbonyl (C=O) groups is 4. The number of hydrogen-bond donors (Lipinski definition) is 3. The fourth-order valence-electron chi connectivity index (χ4n) is 1.52. The highest BCUT2D eigenvalue weighted by atomic mass is 16.4. The largest absolute Gasteiger partial charge is 0.480 e. The molecule has 0 aliphatic carbocycles. The van der Waals surface area contributed by atoms with Crippen LogP contribution in [0.2, 0.25) is 0 Å². The van der Waals surface area contributed by atoms with Crippen molar-refractivity contribution in [2.24, 2.45) is 5.92 Å². The Balaban J connectivity index is 2.53. The lowest BCUT2D eigenvalue weighted by Gasteiger charge is -2.19. The molecule has 0 saturated carbocycles. The van der Waals surface area contributed by atoms with E-state index in [-0.39, 0.29) is 19.0 Å². The predicted molar refractivity (Wildman–Crippen MR) is 59.5 cm³/mol. The Hall–Kier alpha value is -2.12. The number of aliphatic carboxylic acids is 1. The van der Waals surface area contributed by atoms with Crippen LogP contribution in [0.5, 0.6) is 0 Å². The van der Waals surface area contributed by atoms with Gasteiger partial charge in [-0.2, -0.15) is 0 Å². The molecule has 100 valence electrons. The molecule has 1 aliphatic heterocycles. The average Bonchev–Trinajstić information content (AvgIpc) is 2.53. The van der Waals surface area contributed by atoms with E-state index in [9.17, 15) is 19.2 Å². The van der Waals surface area contributed by atoms with Gasteiger partial charge in [0.25, 0.3) is 0 Å². The van der Waals surface area contributed by atoms with E-state index >= 15 is 0 Å². The first-order valence-corrected chi connectivity index (χ1v) is 5.42. The SMILES string of the molecule is CC(C)[C@@H](NC(=O)CN1CC(=O)NC1=O)C(=O)O. The second kappa shape index (κ2) is 5.48. The molecule has 1 aliphatic rings. The monoisotopic (exact) mass is 257 g/mol. The Morgan fingerprint density at radius 2 is 2.06 bits per heavy atom. The molecule has 3 N–H and O–H groups in total. The molecule has 1 rings (SSSR count). The molecule has 8 nitrogen and oxygen atoms in total. The van der Waals surface area contributed by atoms with Gasteiger partial charge in [-0.15, -0.1) is 0 Å². The van der Waals surface area contributed by atoms with Crippen molar-refractivity contribution in [3.63, 3.8) is 0 Å². The fourth-order valence-corrected chi connectivity index (χ4v) is 1.52. The minimum atomic E-state index is -1.14. The topological polar surface area (TPSA) is 116 Å². The van der Waals surface area contributed by atoms with Gasteiger partial charge in [-0.25, -0.2) is 9.59 Å². The summed E-state index contributed by atoms with van der Waals surface area (Å²) < 4.78 is 0. The minimum Gasteiger partial charge on any atom is -0.480 e. The van der Waals surface area contributed by atoms with E-state index in [0.29, 0.717) is 0 Å². The third-order valence-corrected chi connectivity index (χ3v) is 2.45. The second-order valence-electron chi connectivity index (χ2n) is 4.34. The van der Waals surface area contributed by atoms with E-state index in [1.165, 1.54) is 0 Å². The third kappa shape index (κ3) is 3.44. The molecule has 1 atom stereocenters. The van der Waals surface area contributed by atoms with Crippen LogP contribution < -0.4 is 10.6 Å². The normalized spacial score (nSPS) is 16.7. The number of hydrogen-bond acceptors (Lipinski definition) is 4. The standard InChI is InChI=1S/C10H15N3O5/c1-5(2)8(9(16)17)11-6(14)3-13-4-7(15)12-10(13)18/h5,8H,3-4H2,1-2H3,(H,11,14)(H,16,17)(H,12,15,18)/t8-/m1/s1. The van der Waals surface area contributed by atoms with Crippen molar-refractivity contribution in [1.82, 2.24) is 15.5 Å². The summed E-state index contributed by atoms with van der Waals surface area (Å²) >= 11 is 0. The highest BCUT2D eigenvalue weighted by Crippen LogP contribution is 2.03. The number of carboxylic acids is 1. The van der Waals surface area contributed by atoms with E-state index in [4.69, 9.17) is 5.11 Å². The Kier molecular flexibility index (Phi) is 4.24. The number of rotatable bonds is 5. The molecule has 0 radical (unpaired) electrons. The zero-order valence-corrected chi connectivity index (χ0v) is 10.1. The fraction of sp³-hybridized carbons (Fsp3) is 0.600. The van der Waals surface area contributed by atoms with E-state index in [1.54, 1.807) is 13.8 Å². The number of imide groups is 1. The quantitative estimate of drug-likeness (QED) is 0.533. The van der Waals surface area contributed by atoms with Gasteiger partial charge in [-0.05, 0) is 5.92 Å². The molecule has 1 heterocycles. The third-order valence-electron chi connectivity index (χ3n) is 2.45. The van der Waals surface area contributed by atoms with Gasteiger partial charge in [-0.1, -0.05) is 13.8 Å². The molecule has 1 saturated heterocycles. The van der Waals surface area contributed by atoms with Crippen LogP contribution in [-0.2, 0) is 14.4 Å². The summed E-state index contributed by atoms with van der Waals surface area (Å²) in [5.74, 6) is -2.51. The van der Waals surface area contributed by atoms with E-state index in [0.717, 1.165) is 4.90 Å². The van der Waals surface area contributed by atoms with Gasteiger partial charge in [0, 0.05) is 0 Å². The molecular weight excluding hydrogens is 242 g/mol. The van der Waals surface area contributed by atoms with Crippen molar-refractivity contribution in [3.05, 3.63) is 0 Å². The maximum absolute atomic E-state index is 11.6. The van der Waals surface area contributed by atoms with Gasteiger partial charge in [0.15, 0.2) is 0 Å². The number of nitrogens with one attached hydrogen (secondary N) is 2. The Labute approximate surface area is 103 Å². The van der Waals surface area contributed by atoms with Crippen LogP contribution in [0.25, 0.3) is 0 Å². The highest BCUT2D eigenvalue weighted by molar-refractivity contribution is 6.03. The molecule has 0 aromatic carbocycles. The second-order valence-corrected chi connectivity index (χ2v) is 4.34. The van der Waals surface area contributed by atoms with Crippen LogP contribution in [0.4, 0.5) is 4.79 Å². The molecular formula is C10H15N3O5. The summed E-state index contributed by atoms with van der Waals surface area (Å²) in [6, 6.07) is -1.66. The van der Waals surface area contributed by atoms with Crippen LogP contribution in [0.1, 0.15) is 13.8 Å². The molecule has 0 unspecified atom stereocenters. The molecule has 18 heavy (non-hydrogen) atoms. The lowest BCUT2D eigenvalue weighted by atomic mass is 10.0. The van der Waals surface area contributed by atoms with Gasteiger partial charge in [0.2, 0.25) is 11.8 Å². The van der Waals surface area contributed by atoms with E-state index in [2.05, 4.69) is 5.32 Å². The van der Waals surface area contributed by atoms with Crippen molar-refractivity contribution in [1.29, 1.82) is 0 Å². The van der Waals surface area contributed by atoms with Crippen molar-refractivity contribution in [2.45, 2.75) is 19.9 Å². The van der Waals surface area contributed by atoms with Gasteiger partial charge in [0.05, 0.1) is 0 Å². The Bertz CT molecular complexity index is 393. The number of carboxylic acid groups (broad SMARTS) is 1. The summed E-state index contributed by atoms with van der Waals surface area (Å²) in [5, 5.41) is 13.2. The number of carbonyl (C=O) groups excluding carboxylic acids is 3. The molecule has 0 spiro atoms. The molecule has 1 fully saturated rings. The lowest BCUT2D eigenvalue weighted by molar-refractivity contribution is -0.143. The van der Waals surface area contributed by atoms with Crippen molar-refractivity contribution < 1.29 is 24.3 Å². The molecule has 0 bridgehead atoms. The van der Waals surface area contributed by atoms with Crippen molar-refractivity contribution in [3.8, 4) is 0 Å². The molecule has 0 aromatic heterocycles. The first-order chi connectivity index (χ1) is 8.31. The summed E-state index contributed by atoms with van der Waals surface area (Å²) in [4.78, 5) is 45.5. The van der Waals surface area contributed by atoms with Crippen molar-refractivity contribution >= 4 is 23.8 Å². The Morgan fingerprint density at radius 3 is 2.44 bits per heavy atom. The summed E-state index contributed by atoms with van der Waals surface area (Å²) in [7, 11) is 0. The van der Waals surface area contributed by atoms with Gasteiger partial charge in [0.1, 0.15) is 19.1 Å². The van der Waals surface area contributed by atoms with Crippen LogP contribution in [0.15, 0.2) is 0 Å². The van der Waals surface area contributed by atoms with Crippen LogP contribution in [-0.4, -0.2) is 53.0 Å². The highest BCUT2D eigenvalue weighted by Gasteiger charge is 2.30. The maximum atomic E-state index is 11.6. The minimum absolute atomic E-state index is 0.189. The zero-order chi connectivity index (χ0) is 13.9. The predicted octanol–water partition coefficient (Wildman–Crippen LogP) is -1.24. The Morgan fingerprint density at radius 1 is 1.44 bits per heavy atom. The van der Waals surface area contributed by atoms with Gasteiger partial charge in [-0.3, -0.25) is 14.9 Å². The van der Waals surface area contributed by atoms with Gasteiger partial charge >= 0.3 is 12.0 Å². The van der Waals surface area contributed by atoms with Crippen molar-refractivity contribution in [2.75, 3.05) is 13.1 Å². The number of amides is 4. The summed E-state index contributed by atoms with van der Waals surface area (Å²) in [6.07, 6.45) is 0. The molecule has 0 aromatic rings. The van der Waals surface area contributed by atoms with Crippen LogP contribution in [0, 0.1) is 5.92 Å². The lowest BCUT2D eigenvalue weighted by Crippen LogP contribution is -2.48. The van der Waals surface area contributed by atoms with E-state index < -0.39 is 29.9 Å². The first-order valence-electron chi connectivity index (χ1n) is 5.42. The molecule has 4 amide bonds. The average molecular weight is 257 g/mol. The number of nitrogens with zero attached hydrogens (tertiary/aromatic N) is 1. The smallest absolute Gasteiger partial charge is 0.326 e. The van der Waals surface area contributed by atoms with Gasteiger partial charge < -0.3 is 15.3 Å². The first kappa shape index (κ1) is 13.9. The van der Waals surface area contributed by atoms with Crippen LogP contribution in [0.3, 0.4) is 0 Å². The number of urea groups is 1. The summed E-state index contributed by atoms with van der Waals surface area (Å²) in [6.45, 7) is 2.79.